The Labute approximate surface area is 119 Å². The normalized spacial score (nSPS) is 11.8. The van der Waals surface area contributed by atoms with Crippen LogP contribution in [0.2, 0.25) is 0 Å². The summed E-state index contributed by atoms with van der Waals surface area (Å²) in [6.07, 6.45) is 0.554. The maximum Gasteiger partial charge on any atom is 0.241 e. The fourth-order valence-corrected chi connectivity index (χ4v) is 3.48. The first kappa shape index (κ1) is 17.0. The summed E-state index contributed by atoms with van der Waals surface area (Å²) in [7, 11) is -3.63. The topological polar surface area (TPSA) is 81.4 Å². The van der Waals surface area contributed by atoms with Crippen molar-refractivity contribution in [3.63, 3.8) is 0 Å². The molecule has 0 aliphatic rings. The van der Waals surface area contributed by atoms with Crippen molar-refractivity contribution in [1.82, 2.24) is 4.72 Å². The van der Waals surface area contributed by atoms with Crippen LogP contribution in [-0.2, 0) is 14.8 Å². The molecule has 0 aromatic heterocycles. The van der Waals surface area contributed by atoms with Crippen LogP contribution in [-0.4, -0.2) is 34.7 Å². The summed E-state index contributed by atoms with van der Waals surface area (Å²) in [6, 6.07) is 2.43. The highest BCUT2D eigenvalue weighted by Crippen LogP contribution is 2.21. The molecule has 3 N–H and O–H groups in total. The molecule has 20 heavy (non-hydrogen) atoms. The number of halogens is 1. The van der Waals surface area contributed by atoms with Crippen molar-refractivity contribution < 1.29 is 17.5 Å². The Kier molecular flexibility index (Phi) is 6.54. The zero-order chi connectivity index (χ0) is 15.2. The highest BCUT2D eigenvalue weighted by Gasteiger charge is 2.19. The zero-order valence-corrected chi connectivity index (χ0v) is 12.6. The summed E-state index contributed by atoms with van der Waals surface area (Å²) in [6.45, 7) is 4.77. The first-order chi connectivity index (χ1) is 9.38. The van der Waals surface area contributed by atoms with Crippen LogP contribution in [0.3, 0.4) is 0 Å². The van der Waals surface area contributed by atoms with Gasteiger partial charge in [-0.25, -0.2) is 17.5 Å². The number of hydrogen-bond donors (Lipinski definition) is 2. The van der Waals surface area contributed by atoms with E-state index in [1.54, 1.807) is 13.8 Å². The highest BCUT2D eigenvalue weighted by atomic mass is 32.2. The van der Waals surface area contributed by atoms with E-state index in [1.165, 1.54) is 12.1 Å². The minimum atomic E-state index is -3.63. The van der Waals surface area contributed by atoms with Crippen molar-refractivity contribution in [3.8, 4) is 0 Å². The molecule has 1 aromatic carbocycles. The van der Waals surface area contributed by atoms with Crippen molar-refractivity contribution in [2.75, 3.05) is 26.3 Å². The lowest BCUT2D eigenvalue weighted by Crippen LogP contribution is -2.27. The van der Waals surface area contributed by atoms with E-state index in [-0.39, 0.29) is 11.4 Å². The smallest absolute Gasteiger partial charge is 0.241 e. The van der Waals surface area contributed by atoms with Crippen molar-refractivity contribution >= 4 is 10.0 Å². The molecule has 0 saturated carbocycles. The monoisotopic (exact) mass is 304 g/mol. The van der Waals surface area contributed by atoms with Gasteiger partial charge in [-0.1, -0.05) is 0 Å². The molecule has 0 spiro atoms. The van der Waals surface area contributed by atoms with Gasteiger partial charge in [0.25, 0.3) is 0 Å². The Morgan fingerprint density at radius 2 is 1.85 bits per heavy atom. The standard InChI is InChI=1S/C13H21FN2O3S/c1-10-8-12(14)9-11(2)13(10)20(17,18)16-5-3-6-19-7-4-15/h8-9,16H,3-7,15H2,1-2H3. The highest BCUT2D eigenvalue weighted by molar-refractivity contribution is 7.89. The molecule has 114 valence electrons. The minimum absolute atomic E-state index is 0.141. The Balaban J connectivity index is 2.66. The number of sulfonamides is 1. The lowest BCUT2D eigenvalue weighted by Gasteiger charge is -2.12. The average molecular weight is 304 g/mol. The van der Waals surface area contributed by atoms with Gasteiger partial charge in [0.05, 0.1) is 11.5 Å². The number of benzene rings is 1. The molecule has 0 atom stereocenters. The van der Waals surface area contributed by atoms with Gasteiger partial charge in [-0.2, -0.15) is 0 Å². The van der Waals surface area contributed by atoms with Gasteiger partial charge in [-0.15, -0.1) is 0 Å². The quantitative estimate of drug-likeness (QED) is 0.704. The molecule has 0 fully saturated rings. The third-order valence-corrected chi connectivity index (χ3v) is 4.48. The van der Waals surface area contributed by atoms with Crippen molar-refractivity contribution in [2.45, 2.75) is 25.2 Å². The fourth-order valence-electron chi connectivity index (χ4n) is 1.96. The van der Waals surface area contributed by atoms with Crippen LogP contribution in [0.25, 0.3) is 0 Å². The maximum absolute atomic E-state index is 13.2. The third-order valence-electron chi connectivity index (χ3n) is 2.71. The second-order valence-corrected chi connectivity index (χ2v) is 6.22. The average Bonchev–Trinajstić information content (AvgIpc) is 2.31. The van der Waals surface area contributed by atoms with E-state index in [4.69, 9.17) is 10.5 Å². The molecule has 0 unspecified atom stereocenters. The van der Waals surface area contributed by atoms with E-state index in [2.05, 4.69) is 4.72 Å². The molecular formula is C13H21FN2O3S. The van der Waals surface area contributed by atoms with Crippen LogP contribution in [0, 0.1) is 19.7 Å². The molecule has 0 saturated heterocycles. The third kappa shape index (κ3) is 4.82. The van der Waals surface area contributed by atoms with Gasteiger partial charge in [0.2, 0.25) is 10.0 Å². The van der Waals surface area contributed by atoms with Gasteiger partial charge >= 0.3 is 0 Å². The number of rotatable bonds is 8. The van der Waals surface area contributed by atoms with Gasteiger partial charge in [-0.3, -0.25) is 0 Å². The largest absolute Gasteiger partial charge is 0.380 e. The van der Waals surface area contributed by atoms with Crippen molar-refractivity contribution in [2.24, 2.45) is 5.73 Å². The van der Waals surface area contributed by atoms with Gasteiger partial charge in [0.1, 0.15) is 5.82 Å². The van der Waals surface area contributed by atoms with Crippen molar-refractivity contribution in [1.29, 1.82) is 0 Å². The lowest BCUT2D eigenvalue weighted by atomic mass is 10.1. The van der Waals surface area contributed by atoms with Crippen LogP contribution < -0.4 is 10.5 Å². The SMILES string of the molecule is Cc1cc(F)cc(C)c1S(=O)(=O)NCCCOCCN. The molecular weight excluding hydrogens is 283 g/mol. The van der Waals surface area contributed by atoms with Crippen LogP contribution in [0.1, 0.15) is 17.5 Å². The van der Waals surface area contributed by atoms with E-state index in [0.29, 0.717) is 37.3 Å². The molecule has 1 rings (SSSR count). The van der Waals surface area contributed by atoms with E-state index in [0.717, 1.165) is 0 Å². The second-order valence-electron chi connectivity index (χ2n) is 4.52. The Hall–Kier alpha value is -1.02. The zero-order valence-electron chi connectivity index (χ0n) is 11.8. The van der Waals surface area contributed by atoms with E-state index in [9.17, 15) is 12.8 Å². The molecule has 0 aliphatic carbocycles. The van der Waals surface area contributed by atoms with Crippen LogP contribution >= 0.6 is 0 Å². The summed E-state index contributed by atoms with van der Waals surface area (Å²) in [5, 5.41) is 0. The molecule has 0 amide bonds. The van der Waals surface area contributed by atoms with Gasteiger partial charge < -0.3 is 10.5 Å². The predicted molar refractivity (Wildman–Crippen MR) is 75.6 cm³/mol. The van der Waals surface area contributed by atoms with E-state index in [1.807, 2.05) is 0 Å². The van der Waals surface area contributed by atoms with Crippen LogP contribution in [0.15, 0.2) is 17.0 Å². The predicted octanol–water partition coefficient (Wildman–Crippen LogP) is 1.09. The number of nitrogens with one attached hydrogen (secondary N) is 1. The van der Waals surface area contributed by atoms with Gasteiger partial charge in [-0.05, 0) is 43.5 Å². The summed E-state index contributed by atoms with van der Waals surface area (Å²) < 4.78 is 45.2. The first-order valence-electron chi connectivity index (χ1n) is 6.42. The van der Waals surface area contributed by atoms with Gasteiger partial charge in [0, 0.05) is 19.7 Å². The summed E-state index contributed by atoms with van der Waals surface area (Å²) in [5.74, 6) is -0.436. The molecule has 0 heterocycles. The Bertz CT molecular complexity index is 524. The number of ether oxygens (including phenoxy) is 1. The van der Waals surface area contributed by atoms with Gasteiger partial charge in [0.15, 0.2) is 0 Å². The van der Waals surface area contributed by atoms with E-state index < -0.39 is 15.8 Å². The minimum Gasteiger partial charge on any atom is -0.380 e. The number of aryl methyl sites for hydroxylation is 2. The van der Waals surface area contributed by atoms with E-state index >= 15 is 0 Å². The summed E-state index contributed by atoms with van der Waals surface area (Å²) in [5.41, 5.74) is 6.06. The Morgan fingerprint density at radius 1 is 1.25 bits per heavy atom. The van der Waals surface area contributed by atoms with Crippen LogP contribution in [0.5, 0.6) is 0 Å². The summed E-state index contributed by atoms with van der Waals surface area (Å²) >= 11 is 0. The van der Waals surface area contributed by atoms with Crippen molar-refractivity contribution in [3.05, 3.63) is 29.1 Å². The number of hydrogen-bond acceptors (Lipinski definition) is 4. The molecule has 7 heteroatoms. The molecule has 0 radical (unpaired) electrons. The number of nitrogens with two attached hydrogens (primary N) is 1. The molecule has 1 aromatic rings. The maximum atomic E-state index is 13.2. The first-order valence-corrected chi connectivity index (χ1v) is 7.91. The fraction of sp³-hybridized carbons (Fsp3) is 0.538. The second kappa shape index (κ2) is 7.68. The molecule has 0 aliphatic heterocycles. The molecule has 0 bridgehead atoms. The summed E-state index contributed by atoms with van der Waals surface area (Å²) in [4.78, 5) is 0.141. The lowest BCUT2D eigenvalue weighted by molar-refractivity contribution is 0.140. The molecule has 5 nitrogen and oxygen atoms in total. The Morgan fingerprint density at radius 3 is 2.40 bits per heavy atom. The van der Waals surface area contributed by atoms with Crippen LogP contribution in [0.4, 0.5) is 4.39 Å².